The molecule has 480 valence electrons. The van der Waals surface area contributed by atoms with E-state index in [1.54, 1.807) is 12.1 Å². The quantitative estimate of drug-likeness (QED) is 0.0472. The van der Waals surface area contributed by atoms with Crippen molar-refractivity contribution in [1.82, 2.24) is 0 Å². The van der Waals surface area contributed by atoms with E-state index in [4.69, 9.17) is 46.7 Å². The molecule has 0 saturated heterocycles. The van der Waals surface area contributed by atoms with Gasteiger partial charge >= 0.3 is 11.3 Å². The highest BCUT2D eigenvalue weighted by Crippen LogP contribution is 2.45. The molecule has 0 fully saturated rings. The summed E-state index contributed by atoms with van der Waals surface area (Å²) in [4.78, 5) is 24.2. The largest absolute Gasteiger partial charge is 0.494 e. The molecule has 0 amide bonds. The summed E-state index contributed by atoms with van der Waals surface area (Å²) in [5, 5.41) is 1.75. The molecule has 8 bridgehead atoms. The summed E-state index contributed by atoms with van der Waals surface area (Å²) >= 11 is 0. The predicted molar refractivity (Wildman–Crippen MR) is 361 cm³/mol. The molecule has 0 spiro atoms. The van der Waals surface area contributed by atoms with E-state index in [-0.39, 0.29) is 32.9 Å². The van der Waals surface area contributed by atoms with Crippen molar-refractivity contribution < 1.29 is 46.7 Å². The van der Waals surface area contributed by atoms with Gasteiger partial charge in [-0.15, -0.1) is 0 Å². The third kappa shape index (κ3) is 16.7. The van der Waals surface area contributed by atoms with Gasteiger partial charge in [0.25, 0.3) is 0 Å². The van der Waals surface area contributed by atoms with Crippen LogP contribution in [-0.2, 0) is 56.8 Å². The summed E-state index contributed by atoms with van der Waals surface area (Å²) < 4.78 is 62.3. The van der Waals surface area contributed by atoms with E-state index in [1.165, 1.54) is 78.9 Å². The zero-order chi connectivity index (χ0) is 64.7. The van der Waals surface area contributed by atoms with Crippen molar-refractivity contribution in [2.45, 2.75) is 171 Å². The van der Waals surface area contributed by atoms with E-state index in [9.17, 15) is 9.59 Å². The number of benzene rings is 6. The first kappa shape index (κ1) is 66.9. The number of hydrogen-bond donors (Lipinski definition) is 0. The molecule has 1 aliphatic rings. The molecule has 12 nitrogen and oxygen atoms in total. The normalized spacial score (nSPS) is 13.0. The van der Waals surface area contributed by atoms with Gasteiger partial charge in [0.15, 0.2) is 0 Å². The van der Waals surface area contributed by atoms with Gasteiger partial charge < -0.3 is 46.7 Å². The van der Waals surface area contributed by atoms with Gasteiger partial charge in [-0.25, -0.2) is 9.59 Å². The first-order valence-electron chi connectivity index (χ1n) is 32.3. The molecule has 12 heteroatoms. The molecule has 0 N–H and O–H groups in total. The Hall–Kier alpha value is -7.54. The van der Waals surface area contributed by atoms with E-state index in [2.05, 4.69) is 145 Å². The fourth-order valence-corrected chi connectivity index (χ4v) is 13.4. The minimum atomic E-state index is -0.384. The van der Waals surface area contributed by atoms with Crippen LogP contribution in [0.5, 0.6) is 34.5 Å². The van der Waals surface area contributed by atoms with Gasteiger partial charge in [0.05, 0.1) is 39.6 Å². The zero-order valence-corrected chi connectivity index (χ0v) is 56.5. The third-order valence-electron chi connectivity index (χ3n) is 16.4. The van der Waals surface area contributed by atoms with Crippen LogP contribution in [0.1, 0.15) is 188 Å². The van der Waals surface area contributed by atoms with Crippen LogP contribution in [0.3, 0.4) is 0 Å². The van der Waals surface area contributed by atoms with Crippen LogP contribution < -0.4 is 39.7 Å². The Bertz CT molecular complexity index is 3590. The van der Waals surface area contributed by atoms with Gasteiger partial charge in [-0.1, -0.05) is 96.9 Å². The van der Waals surface area contributed by atoms with Gasteiger partial charge in [-0.05, 0) is 225 Å². The summed E-state index contributed by atoms with van der Waals surface area (Å²) in [6.45, 7) is 40.1. The molecule has 0 unspecified atom stereocenters. The predicted octanol–water partition coefficient (Wildman–Crippen LogP) is 16.9. The number of rotatable bonds is 22. The van der Waals surface area contributed by atoms with Crippen molar-refractivity contribution in [3.8, 4) is 34.5 Å². The van der Waals surface area contributed by atoms with Gasteiger partial charge in [-0.3, -0.25) is 0 Å². The topological polar surface area (TPSA) is 134 Å². The van der Waals surface area contributed by atoms with Gasteiger partial charge in [0, 0.05) is 35.0 Å². The highest BCUT2D eigenvalue weighted by Gasteiger charge is 2.33. The van der Waals surface area contributed by atoms with Crippen LogP contribution in [0, 0.1) is 13.8 Å². The number of ether oxygens (including phenoxy) is 8. The van der Waals surface area contributed by atoms with Gasteiger partial charge in [-0.2, -0.15) is 0 Å². The second-order valence-electron chi connectivity index (χ2n) is 28.3. The van der Waals surface area contributed by atoms with Crippen molar-refractivity contribution in [3.05, 3.63) is 196 Å². The fraction of sp³-hybridized carbons (Fsp3) is 0.462. The lowest BCUT2D eigenvalue weighted by Gasteiger charge is -2.34. The van der Waals surface area contributed by atoms with E-state index in [0.717, 1.165) is 57.7 Å². The Morgan fingerprint density at radius 1 is 0.322 bits per heavy atom. The molecule has 0 radical (unpaired) electrons. The highest BCUT2D eigenvalue weighted by molar-refractivity contribution is 5.82. The summed E-state index contributed by atoms with van der Waals surface area (Å²) in [6.07, 6.45) is 4.35. The number of aryl methyl sites for hydroxylation is 2. The Morgan fingerprint density at radius 3 is 0.811 bits per heavy atom. The van der Waals surface area contributed by atoms with E-state index >= 15 is 0 Å². The second kappa shape index (κ2) is 28.3. The Morgan fingerprint density at radius 2 is 0.567 bits per heavy atom. The van der Waals surface area contributed by atoms with Crippen LogP contribution in [0.2, 0.25) is 0 Å². The van der Waals surface area contributed by atoms with E-state index in [0.29, 0.717) is 114 Å². The molecule has 9 rings (SSSR count). The standard InChI is InChI=1S/C78H96O12/c1-17-23-83-61-39-51-35-55-43-63(87-31-27-81-25-29-85-59-19-21-65-49(3)33-69(79)89-67(65)47-59)45-57(73(55)77(11,12)13)37-53-41-62(84-24-18-2)42-54(72(53)76(8,9)10)38-58-46-64(44-56(74(58)78(14,15)16)36-52(40-61)71(51)75(5,6)7)88-32-28-82-26-30-86-60-20-22-66-50(4)34-70(80)90-68(66)48-60/h19-22,33-34,39-48H,17-18,23-32,35-38H2,1-16H3. The van der Waals surface area contributed by atoms with Crippen LogP contribution in [0.25, 0.3) is 21.9 Å². The summed E-state index contributed by atoms with van der Waals surface area (Å²) in [7, 11) is 0. The van der Waals surface area contributed by atoms with Crippen molar-refractivity contribution >= 4 is 21.9 Å². The molecule has 2 heterocycles. The van der Waals surface area contributed by atoms with Gasteiger partial charge in [0.2, 0.25) is 0 Å². The van der Waals surface area contributed by atoms with Crippen molar-refractivity contribution in [1.29, 1.82) is 0 Å². The highest BCUT2D eigenvalue weighted by atomic mass is 16.6. The van der Waals surface area contributed by atoms with E-state index in [1.807, 2.05) is 38.1 Å². The lowest BCUT2D eigenvalue weighted by atomic mass is 9.71. The first-order chi connectivity index (χ1) is 42.7. The Kier molecular flexibility index (Phi) is 21.0. The Balaban J connectivity index is 1.09. The first-order valence-corrected chi connectivity index (χ1v) is 32.3. The number of fused-ring (bicyclic) bond motifs is 10. The second-order valence-corrected chi connectivity index (χ2v) is 28.3. The molecular formula is C78H96O12. The molecule has 6 aromatic carbocycles. The average Bonchev–Trinajstić information content (AvgIpc) is 0.788. The van der Waals surface area contributed by atoms with Crippen LogP contribution >= 0.6 is 0 Å². The van der Waals surface area contributed by atoms with Gasteiger partial charge in [0.1, 0.15) is 72.1 Å². The van der Waals surface area contributed by atoms with Crippen LogP contribution in [0.15, 0.2) is 115 Å². The van der Waals surface area contributed by atoms with Crippen LogP contribution in [-0.4, -0.2) is 66.1 Å². The number of hydrogen-bond acceptors (Lipinski definition) is 12. The molecule has 1 aliphatic carbocycles. The minimum Gasteiger partial charge on any atom is -0.494 e. The lowest BCUT2D eigenvalue weighted by Crippen LogP contribution is -2.24. The molecule has 2 aromatic heterocycles. The molecule has 0 atom stereocenters. The molecular weight excluding hydrogens is 1130 g/mol. The van der Waals surface area contributed by atoms with Crippen molar-refractivity contribution in [3.63, 3.8) is 0 Å². The lowest BCUT2D eigenvalue weighted by molar-refractivity contribution is 0.0764. The fourth-order valence-electron chi connectivity index (χ4n) is 13.4. The third-order valence-corrected chi connectivity index (χ3v) is 16.4. The summed E-state index contributed by atoms with van der Waals surface area (Å²) in [6, 6.07) is 32.4. The van der Waals surface area contributed by atoms with E-state index < -0.39 is 0 Å². The SMILES string of the molecule is CCCOc1cc2c(C(C)(C)C)c(c1)Cc1cc(OCCOCCOc3ccc4c(C)cc(=O)oc4c3)cc(c1C(C)(C)C)Cc1cc(OCCC)cc(c1C(C)(C)C)Cc1cc(OCCOCCOc3ccc4c(C)cc(=O)oc4c3)cc(c1C(C)(C)C)C2. The molecule has 0 aliphatic heterocycles. The molecule has 0 saturated carbocycles. The molecule has 90 heavy (non-hydrogen) atoms. The molecule has 8 aromatic rings. The van der Waals surface area contributed by atoms with Crippen LogP contribution in [0.4, 0.5) is 0 Å². The summed E-state index contributed by atoms with van der Waals surface area (Å²) in [5.41, 5.74) is 15.8. The maximum atomic E-state index is 12.1. The monoisotopic (exact) mass is 1220 g/mol. The maximum Gasteiger partial charge on any atom is 0.336 e. The smallest absolute Gasteiger partial charge is 0.336 e. The average molecular weight is 1230 g/mol. The minimum absolute atomic E-state index is 0.262. The summed E-state index contributed by atoms with van der Waals surface area (Å²) in [5.74, 6) is 4.52. The maximum absolute atomic E-state index is 12.1. The zero-order valence-electron chi connectivity index (χ0n) is 56.5. The van der Waals surface area contributed by atoms with Crippen molar-refractivity contribution in [2.24, 2.45) is 0 Å². The Labute approximate surface area is 533 Å². The van der Waals surface area contributed by atoms with Crippen molar-refractivity contribution in [2.75, 3.05) is 66.1 Å².